The largest absolute Gasteiger partial charge is 0.368 e. The lowest BCUT2D eigenvalue weighted by atomic mass is 10.1. The number of rotatable bonds is 8. The third-order valence-corrected chi connectivity index (χ3v) is 7.78. The van der Waals surface area contributed by atoms with E-state index in [9.17, 15) is 14.4 Å². The van der Waals surface area contributed by atoms with Crippen LogP contribution in [0.1, 0.15) is 31.7 Å². The minimum Gasteiger partial charge on any atom is -0.368 e. The molecule has 0 radical (unpaired) electrons. The second kappa shape index (κ2) is 11.8. The Balaban J connectivity index is 1.24. The molecule has 0 aromatic heterocycles. The molecule has 2 aromatic rings. The number of hydrogen-bond acceptors (Lipinski definition) is 7. The predicted molar refractivity (Wildman–Crippen MR) is 151 cm³/mol. The van der Waals surface area contributed by atoms with Gasteiger partial charge < -0.3 is 15.1 Å². The lowest BCUT2D eigenvalue weighted by molar-refractivity contribution is -0.129. The molecular formula is C28H32N6O3S. The van der Waals surface area contributed by atoms with Crippen molar-refractivity contribution >= 4 is 51.9 Å². The quantitative estimate of drug-likeness (QED) is 0.527. The average Bonchev–Trinajstić information content (AvgIpc) is 3.28. The second-order valence-electron chi connectivity index (χ2n) is 9.45. The van der Waals surface area contributed by atoms with Crippen molar-refractivity contribution in [2.75, 3.05) is 43.4 Å². The number of amidine groups is 2. The smallest absolute Gasteiger partial charge is 0.259 e. The number of fused-ring (bicyclic) bond motifs is 3. The molecule has 3 aliphatic heterocycles. The monoisotopic (exact) mass is 532 g/mol. The van der Waals surface area contributed by atoms with Gasteiger partial charge in [-0.25, -0.2) is 9.89 Å². The fraction of sp³-hybridized carbons (Fsp3) is 0.393. The van der Waals surface area contributed by atoms with Gasteiger partial charge in [-0.1, -0.05) is 55.4 Å². The van der Waals surface area contributed by atoms with Gasteiger partial charge in [-0.3, -0.25) is 19.4 Å². The third-order valence-electron chi connectivity index (χ3n) is 6.86. The minimum absolute atomic E-state index is 0.00666. The molecule has 38 heavy (non-hydrogen) atoms. The van der Waals surface area contributed by atoms with Gasteiger partial charge in [0.1, 0.15) is 11.9 Å². The summed E-state index contributed by atoms with van der Waals surface area (Å²) in [5, 5.41) is 3.29. The minimum atomic E-state index is -0.801. The van der Waals surface area contributed by atoms with Crippen molar-refractivity contribution in [2.45, 2.75) is 32.2 Å². The molecule has 5 rings (SSSR count). The summed E-state index contributed by atoms with van der Waals surface area (Å²) in [6.07, 6.45) is 1.86. The SMILES string of the molecule is CCCCNC(=O)CC1N=C2c3ccccc3N=C(SCC(=O)N3CCN(c4ccccc4)CC3)N2C1=O. The maximum atomic E-state index is 13.4. The van der Waals surface area contributed by atoms with E-state index in [0.717, 1.165) is 37.2 Å². The van der Waals surface area contributed by atoms with Gasteiger partial charge in [-0.05, 0) is 30.7 Å². The standard InChI is InChI=1S/C28H32N6O3S/c1-2-3-13-29-24(35)18-23-27(37)34-26(30-23)21-11-7-8-12-22(21)31-28(34)38-19-25(36)33-16-14-32(15-17-33)20-9-5-4-6-10-20/h4-12,23H,2-3,13-19H2,1H3,(H,29,35). The molecule has 1 N–H and O–H groups in total. The number of benzene rings is 2. The number of carbonyl (C=O) groups excluding carboxylic acids is 3. The van der Waals surface area contributed by atoms with E-state index in [4.69, 9.17) is 4.99 Å². The van der Waals surface area contributed by atoms with Crippen LogP contribution in [0.15, 0.2) is 64.6 Å². The maximum Gasteiger partial charge on any atom is 0.259 e. The van der Waals surface area contributed by atoms with Crippen LogP contribution >= 0.6 is 11.8 Å². The fourth-order valence-corrected chi connectivity index (χ4v) is 5.66. The topological polar surface area (TPSA) is 97.7 Å². The van der Waals surface area contributed by atoms with Gasteiger partial charge in [0.15, 0.2) is 5.17 Å². The van der Waals surface area contributed by atoms with Crippen molar-refractivity contribution in [3.8, 4) is 0 Å². The third kappa shape index (κ3) is 5.60. The highest BCUT2D eigenvalue weighted by Gasteiger charge is 2.42. The molecule has 0 spiro atoms. The summed E-state index contributed by atoms with van der Waals surface area (Å²) >= 11 is 1.25. The van der Waals surface area contributed by atoms with Crippen LogP contribution in [0.5, 0.6) is 0 Å². The van der Waals surface area contributed by atoms with E-state index in [0.29, 0.717) is 36.3 Å². The molecule has 3 heterocycles. The Labute approximate surface area is 227 Å². The first-order chi connectivity index (χ1) is 18.5. The first-order valence-corrected chi connectivity index (χ1v) is 14.1. The van der Waals surface area contributed by atoms with E-state index >= 15 is 0 Å². The zero-order valence-corrected chi connectivity index (χ0v) is 22.3. The number of para-hydroxylation sites is 2. The summed E-state index contributed by atoms with van der Waals surface area (Å²) in [7, 11) is 0. The van der Waals surface area contributed by atoms with Crippen molar-refractivity contribution < 1.29 is 14.4 Å². The van der Waals surface area contributed by atoms with Crippen molar-refractivity contribution in [3.05, 3.63) is 60.2 Å². The van der Waals surface area contributed by atoms with E-state index in [1.807, 2.05) is 47.4 Å². The van der Waals surface area contributed by atoms with Gasteiger partial charge in [0.2, 0.25) is 11.8 Å². The van der Waals surface area contributed by atoms with Crippen LogP contribution in [0.25, 0.3) is 0 Å². The van der Waals surface area contributed by atoms with Crippen LogP contribution in [0.3, 0.4) is 0 Å². The van der Waals surface area contributed by atoms with Gasteiger partial charge >= 0.3 is 0 Å². The molecule has 1 atom stereocenters. The molecular weight excluding hydrogens is 500 g/mol. The van der Waals surface area contributed by atoms with Crippen LogP contribution in [-0.4, -0.2) is 83.0 Å². The Bertz CT molecular complexity index is 1260. The number of nitrogens with zero attached hydrogens (tertiary/aromatic N) is 5. The number of carbonyl (C=O) groups is 3. The van der Waals surface area contributed by atoms with Gasteiger partial charge in [-0.2, -0.15) is 0 Å². The van der Waals surface area contributed by atoms with Crippen molar-refractivity contribution in [1.29, 1.82) is 0 Å². The van der Waals surface area contributed by atoms with Crippen LogP contribution < -0.4 is 10.2 Å². The summed E-state index contributed by atoms with van der Waals surface area (Å²) < 4.78 is 0. The molecule has 0 aliphatic carbocycles. The molecule has 0 saturated carbocycles. The Morgan fingerprint density at radius 3 is 2.53 bits per heavy atom. The van der Waals surface area contributed by atoms with E-state index < -0.39 is 6.04 Å². The highest BCUT2D eigenvalue weighted by molar-refractivity contribution is 8.14. The molecule has 3 aliphatic rings. The van der Waals surface area contributed by atoms with Gasteiger partial charge in [-0.15, -0.1) is 0 Å². The second-order valence-corrected chi connectivity index (χ2v) is 10.4. The molecule has 9 nitrogen and oxygen atoms in total. The van der Waals surface area contributed by atoms with Gasteiger partial charge in [0, 0.05) is 44.0 Å². The summed E-state index contributed by atoms with van der Waals surface area (Å²) in [6, 6.07) is 16.9. The first kappa shape index (κ1) is 26.0. The number of anilines is 1. The van der Waals surface area contributed by atoms with Gasteiger partial charge in [0.25, 0.3) is 5.91 Å². The Morgan fingerprint density at radius 1 is 1.03 bits per heavy atom. The number of unbranched alkanes of at least 4 members (excludes halogenated alkanes) is 1. The summed E-state index contributed by atoms with van der Waals surface area (Å²) in [5.74, 6) is 0.214. The van der Waals surface area contributed by atoms with E-state index in [1.54, 1.807) is 0 Å². The molecule has 1 fully saturated rings. The molecule has 3 amide bonds. The van der Waals surface area contributed by atoms with Crippen LogP contribution in [0.2, 0.25) is 0 Å². The Morgan fingerprint density at radius 2 is 1.76 bits per heavy atom. The highest BCUT2D eigenvalue weighted by atomic mass is 32.2. The fourth-order valence-electron chi connectivity index (χ4n) is 4.75. The normalized spacial score (nSPS) is 18.5. The number of amides is 3. The Hall–Kier alpha value is -3.66. The summed E-state index contributed by atoms with van der Waals surface area (Å²) in [6.45, 7) is 5.49. The first-order valence-electron chi connectivity index (χ1n) is 13.1. The van der Waals surface area contributed by atoms with Crippen LogP contribution in [0.4, 0.5) is 11.4 Å². The molecule has 1 unspecified atom stereocenters. The van der Waals surface area contributed by atoms with Crippen molar-refractivity contribution in [1.82, 2.24) is 15.1 Å². The van der Waals surface area contributed by atoms with E-state index in [-0.39, 0.29) is 29.9 Å². The molecule has 0 bridgehead atoms. The molecule has 1 saturated heterocycles. The average molecular weight is 533 g/mol. The number of hydrogen-bond donors (Lipinski definition) is 1. The zero-order chi connectivity index (χ0) is 26.5. The highest BCUT2D eigenvalue weighted by Crippen LogP contribution is 2.34. The molecule has 10 heteroatoms. The lowest BCUT2D eigenvalue weighted by Crippen LogP contribution is -2.49. The van der Waals surface area contributed by atoms with Crippen LogP contribution in [0, 0.1) is 0 Å². The number of nitrogens with one attached hydrogen (secondary N) is 1. The van der Waals surface area contributed by atoms with Gasteiger partial charge in [0.05, 0.1) is 17.9 Å². The summed E-state index contributed by atoms with van der Waals surface area (Å²) in [4.78, 5) is 53.9. The molecule has 2 aromatic carbocycles. The number of aliphatic imine (C=N–C) groups is 2. The van der Waals surface area contributed by atoms with Crippen LogP contribution in [-0.2, 0) is 14.4 Å². The predicted octanol–water partition coefficient (Wildman–Crippen LogP) is 3.03. The summed E-state index contributed by atoms with van der Waals surface area (Å²) in [5.41, 5.74) is 2.62. The zero-order valence-electron chi connectivity index (χ0n) is 21.5. The maximum absolute atomic E-state index is 13.4. The van der Waals surface area contributed by atoms with Crippen molar-refractivity contribution in [2.24, 2.45) is 9.98 Å². The number of piperazine rings is 1. The molecule has 198 valence electrons. The van der Waals surface area contributed by atoms with Crippen molar-refractivity contribution in [3.63, 3.8) is 0 Å². The van der Waals surface area contributed by atoms with E-state index in [2.05, 4.69) is 34.3 Å². The Kier molecular flexibility index (Phi) is 8.07. The number of thioether (sulfide) groups is 1. The van der Waals surface area contributed by atoms with E-state index in [1.165, 1.54) is 16.7 Å². The lowest BCUT2D eigenvalue weighted by Gasteiger charge is -2.36.